The first-order chi connectivity index (χ1) is 14.5. The molecule has 30 heavy (non-hydrogen) atoms. The number of aromatic nitrogens is 1. The first kappa shape index (κ1) is 18.0. The van der Waals surface area contributed by atoms with Crippen LogP contribution in [0, 0.1) is 10.1 Å². The Hall–Kier alpha value is -4.01. The molecule has 2 aliphatic rings. The molecule has 3 heterocycles. The lowest BCUT2D eigenvalue weighted by Crippen LogP contribution is -2.60. The van der Waals surface area contributed by atoms with Crippen LogP contribution < -0.4 is 0 Å². The van der Waals surface area contributed by atoms with Gasteiger partial charge in [0, 0.05) is 35.2 Å². The Morgan fingerprint density at radius 3 is 2.63 bits per heavy atom. The summed E-state index contributed by atoms with van der Waals surface area (Å²) in [5.41, 5.74) is 3.61. The van der Waals surface area contributed by atoms with E-state index in [1.807, 2.05) is 24.3 Å². The van der Waals surface area contributed by atoms with Crippen molar-refractivity contribution in [3.05, 3.63) is 75.5 Å². The van der Waals surface area contributed by atoms with Crippen molar-refractivity contribution in [1.29, 1.82) is 0 Å². The predicted octanol–water partition coefficient (Wildman–Crippen LogP) is 2.21. The summed E-state index contributed by atoms with van der Waals surface area (Å²) in [5, 5.41) is 17.2. The Labute approximate surface area is 170 Å². The summed E-state index contributed by atoms with van der Waals surface area (Å²) in [6.45, 7) is 0.244. The number of aromatic amines is 1. The van der Waals surface area contributed by atoms with Gasteiger partial charge in [0.2, 0.25) is 5.91 Å². The minimum absolute atomic E-state index is 0.0243. The number of nitrogens with zero attached hydrogens (tertiary/aromatic N) is 4. The summed E-state index contributed by atoms with van der Waals surface area (Å²) < 4.78 is 0. The molecule has 0 aliphatic carbocycles. The number of amides is 2. The maximum Gasteiger partial charge on any atom is 0.269 e. The molecule has 1 fully saturated rings. The van der Waals surface area contributed by atoms with Gasteiger partial charge in [0.15, 0.2) is 0 Å². The van der Waals surface area contributed by atoms with Gasteiger partial charge in [-0.3, -0.25) is 19.7 Å². The van der Waals surface area contributed by atoms with E-state index in [4.69, 9.17) is 0 Å². The van der Waals surface area contributed by atoms with Gasteiger partial charge in [0.05, 0.1) is 17.7 Å². The fourth-order valence-corrected chi connectivity index (χ4v) is 4.08. The molecule has 0 radical (unpaired) electrons. The predicted molar refractivity (Wildman–Crippen MR) is 109 cm³/mol. The number of carbonyl (C=O) groups is 2. The summed E-state index contributed by atoms with van der Waals surface area (Å²) in [5.74, 6) is -0.395. The van der Waals surface area contributed by atoms with Crippen molar-refractivity contribution in [2.45, 2.75) is 19.0 Å². The van der Waals surface area contributed by atoms with Crippen molar-refractivity contribution in [2.24, 2.45) is 5.10 Å². The first-order valence-electron chi connectivity index (χ1n) is 9.49. The third-order valence-corrected chi connectivity index (χ3v) is 5.60. The van der Waals surface area contributed by atoms with Crippen LogP contribution in [0.5, 0.6) is 0 Å². The van der Waals surface area contributed by atoms with Crippen LogP contribution in [-0.4, -0.2) is 50.4 Å². The number of piperazine rings is 1. The molecule has 9 heteroatoms. The molecule has 0 unspecified atom stereocenters. The van der Waals surface area contributed by atoms with Crippen molar-refractivity contribution in [3.63, 3.8) is 0 Å². The molecule has 3 aromatic rings. The summed E-state index contributed by atoms with van der Waals surface area (Å²) in [6, 6.07) is 13.1. The van der Waals surface area contributed by atoms with E-state index in [1.165, 1.54) is 23.4 Å². The third kappa shape index (κ3) is 2.91. The Bertz CT molecular complexity index is 1210. The number of H-pyrrole nitrogens is 1. The number of hydrogen-bond acceptors (Lipinski definition) is 5. The topological polar surface area (TPSA) is 112 Å². The third-order valence-electron chi connectivity index (χ3n) is 5.60. The second kappa shape index (κ2) is 6.80. The van der Waals surface area contributed by atoms with E-state index in [1.54, 1.807) is 17.0 Å². The van der Waals surface area contributed by atoms with Crippen LogP contribution in [0.15, 0.2) is 53.6 Å². The standard InChI is InChI=1S/C21H17N5O4/c27-20-12-25(22-10-13-5-7-14(8-6-13)26(29)30)21(28)19-9-16-15-3-1-2-4-17(15)23-18(16)11-24(19)20/h1-8,10,19,23H,9,11-12H2/b22-10-/t19-/m0/s1. The zero-order valence-electron chi connectivity index (χ0n) is 15.8. The number of hydrazone groups is 1. The lowest BCUT2D eigenvalue weighted by Gasteiger charge is -2.40. The maximum absolute atomic E-state index is 13.1. The number of non-ortho nitro benzene ring substituents is 1. The number of para-hydroxylation sites is 1. The Morgan fingerprint density at radius 1 is 1.10 bits per heavy atom. The second-order valence-corrected chi connectivity index (χ2v) is 7.36. The molecule has 2 aliphatic heterocycles. The highest BCUT2D eigenvalue weighted by molar-refractivity contribution is 5.97. The lowest BCUT2D eigenvalue weighted by atomic mass is 9.94. The van der Waals surface area contributed by atoms with Gasteiger partial charge in [0.25, 0.3) is 11.6 Å². The van der Waals surface area contributed by atoms with Crippen molar-refractivity contribution < 1.29 is 14.5 Å². The fourth-order valence-electron chi connectivity index (χ4n) is 4.08. The van der Waals surface area contributed by atoms with Crippen LogP contribution in [-0.2, 0) is 22.6 Å². The molecule has 0 spiro atoms. The number of rotatable bonds is 3. The van der Waals surface area contributed by atoms with E-state index < -0.39 is 11.0 Å². The molecule has 0 bridgehead atoms. The largest absolute Gasteiger partial charge is 0.357 e. The van der Waals surface area contributed by atoms with Gasteiger partial charge in [-0.25, -0.2) is 5.01 Å². The van der Waals surface area contributed by atoms with E-state index in [9.17, 15) is 19.7 Å². The van der Waals surface area contributed by atoms with Crippen molar-refractivity contribution >= 4 is 34.6 Å². The van der Waals surface area contributed by atoms with Gasteiger partial charge in [0.1, 0.15) is 12.6 Å². The molecule has 2 aromatic carbocycles. The lowest BCUT2D eigenvalue weighted by molar-refractivity contribution is -0.384. The Morgan fingerprint density at radius 2 is 1.87 bits per heavy atom. The van der Waals surface area contributed by atoms with Crippen molar-refractivity contribution in [1.82, 2.24) is 14.9 Å². The van der Waals surface area contributed by atoms with Gasteiger partial charge in [-0.05, 0) is 29.3 Å². The average Bonchev–Trinajstić information content (AvgIpc) is 3.12. The van der Waals surface area contributed by atoms with Crippen LogP contribution in [0.25, 0.3) is 10.9 Å². The van der Waals surface area contributed by atoms with Crippen LogP contribution in [0.2, 0.25) is 0 Å². The molecular weight excluding hydrogens is 386 g/mol. The number of fused-ring (bicyclic) bond motifs is 4. The van der Waals surface area contributed by atoms with Gasteiger partial charge >= 0.3 is 0 Å². The van der Waals surface area contributed by atoms with Crippen LogP contribution in [0.1, 0.15) is 16.8 Å². The Balaban J connectivity index is 1.40. The average molecular weight is 403 g/mol. The van der Waals surface area contributed by atoms with E-state index in [2.05, 4.69) is 10.1 Å². The molecule has 1 aromatic heterocycles. The van der Waals surface area contributed by atoms with Gasteiger partial charge < -0.3 is 9.88 Å². The molecule has 150 valence electrons. The summed E-state index contributed by atoms with van der Waals surface area (Å²) in [6.07, 6.45) is 1.87. The highest BCUT2D eigenvalue weighted by Gasteiger charge is 2.43. The second-order valence-electron chi connectivity index (χ2n) is 7.36. The highest BCUT2D eigenvalue weighted by Crippen LogP contribution is 2.32. The highest BCUT2D eigenvalue weighted by atomic mass is 16.6. The quantitative estimate of drug-likeness (QED) is 0.410. The number of nitrogens with one attached hydrogen (secondary N) is 1. The summed E-state index contributed by atoms with van der Waals surface area (Å²) in [7, 11) is 0. The summed E-state index contributed by atoms with van der Waals surface area (Å²) >= 11 is 0. The van der Waals surface area contributed by atoms with E-state index >= 15 is 0 Å². The summed E-state index contributed by atoms with van der Waals surface area (Å²) in [4.78, 5) is 41.0. The number of hydrogen-bond donors (Lipinski definition) is 1. The molecule has 1 saturated heterocycles. The van der Waals surface area contributed by atoms with Gasteiger partial charge in [-0.2, -0.15) is 5.10 Å². The maximum atomic E-state index is 13.1. The monoisotopic (exact) mass is 403 g/mol. The van der Waals surface area contributed by atoms with Crippen molar-refractivity contribution in [3.8, 4) is 0 Å². The molecule has 0 saturated carbocycles. The van der Waals surface area contributed by atoms with Crippen LogP contribution in [0.3, 0.4) is 0 Å². The van der Waals surface area contributed by atoms with E-state index in [0.717, 1.165) is 22.2 Å². The van der Waals surface area contributed by atoms with Gasteiger partial charge in [-0.1, -0.05) is 18.2 Å². The number of nitro benzene ring substituents is 1. The normalized spacial score (nSPS) is 18.7. The molecule has 9 nitrogen and oxygen atoms in total. The Kier molecular flexibility index (Phi) is 4.09. The van der Waals surface area contributed by atoms with E-state index in [0.29, 0.717) is 18.5 Å². The number of carbonyl (C=O) groups excluding carboxylic acids is 2. The molecule has 1 N–H and O–H groups in total. The van der Waals surface area contributed by atoms with E-state index in [-0.39, 0.29) is 24.0 Å². The minimum atomic E-state index is -0.591. The minimum Gasteiger partial charge on any atom is -0.357 e. The molecule has 2 amide bonds. The zero-order valence-corrected chi connectivity index (χ0v) is 15.8. The number of benzene rings is 2. The zero-order chi connectivity index (χ0) is 20.8. The SMILES string of the molecule is O=C1[C@@H]2Cc3c([nH]c4ccccc34)CN2C(=O)CN1/N=C\c1ccc([N+](=O)[O-])cc1. The molecular formula is C21H17N5O4. The molecule has 5 rings (SSSR count). The van der Waals surface area contributed by atoms with Crippen molar-refractivity contribution in [2.75, 3.05) is 6.54 Å². The first-order valence-corrected chi connectivity index (χ1v) is 9.49. The fraction of sp³-hybridized carbons (Fsp3) is 0.190. The van der Waals surface area contributed by atoms with Crippen LogP contribution >= 0.6 is 0 Å². The smallest absolute Gasteiger partial charge is 0.269 e. The van der Waals surface area contributed by atoms with Crippen LogP contribution in [0.4, 0.5) is 5.69 Å². The molecule has 1 atom stereocenters. The number of nitro groups is 1. The van der Waals surface area contributed by atoms with Gasteiger partial charge in [-0.15, -0.1) is 0 Å².